The van der Waals surface area contributed by atoms with Gasteiger partial charge in [-0.25, -0.2) is 4.79 Å². The van der Waals surface area contributed by atoms with E-state index in [2.05, 4.69) is 5.10 Å². The first kappa shape index (κ1) is 19.6. The lowest BCUT2D eigenvalue weighted by Crippen LogP contribution is -2.14. The molecule has 0 spiro atoms. The number of methoxy groups -OCH3 is 1. The summed E-state index contributed by atoms with van der Waals surface area (Å²) in [6, 6.07) is 4.91. The number of carbonyl (C=O) groups excluding carboxylic acids is 1. The molecule has 0 atom stereocenters. The zero-order valence-corrected chi connectivity index (χ0v) is 14.6. The van der Waals surface area contributed by atoms with Crippen LogP contribution in [0, 0.1) is 0 Å². The van der Waals surface area contributed by atoms with Crippen molar-refractivity contribution < 1.29 is 32.2 Å². The fourth-order valence-corrected chi connectivity index (χ4v) is 2.21. The number of nitrogens with zero attached hydrogens (tertiary/aromatic N) is 2. The van der Waals surface area contributed by atoms with Crippen molar-refractivity contribution in [3.63, 3.8) is 0 Å². The molecule has 6 nitrogen and oxygen atoms in total. The number of alkyl halides is 3. The minimum atomic E-state index is -4.74. The van der Waals surface area contributed by atoms with E-state index in [0.717, 1.165) is 17.3 Å². The van der Waals surface area contributed by atoms with E-state index < -0.39 is 23.4 Å². The van der Waals surface area contributed by atoms with E-state index in [1.165, 1.54) is 14.2 Å². The van der Waals surface area contributed by atoms with Crippen LogP contribution in [0.3, 0.4) is 0 Å². The number of rotatable bonds is 7. The second-order valence-electron chi connectivity index (χ2n) is 5.47. The predicted molar refractivity (Wildman–Crippen MR) is 86.1 cm³/mol. The Morgan fingerprint density at radius 3 is 2.62 bits per heavy atom. The number of benzene rings is 1. The molecule has 0 aliphatic rings. The third-order valence-electron chi connectivity index (χ3n) is 3.38. The predicted octanol–water partition coefficient (Wildman–Crippen LogP) is 3.59. The Morgan fingerprint density at radius 2 is 2.00 bits per heavy atom. The maximum absolute atomic E-state index is 12.9. The van der Waals surface area contributed by atoms with Crippen LogP contribution in [0.2, 0.25) is 0 Å². The number of halogens is 3. The molecule has 0 saturated heterocycles. The number of ether oxygens (including phenoxy) is 3. The summed E-state index contributed by atoms with van der Waals surface area (Å²) in [5, 5.41) is 3.28. The molecule has 0 saturated carbocycles. The van der Waals surface area contributed by atoms with Gasteiger partial charge in [0.15, 0.2) is 17.2 Å². The zero-order valence-electron chi connectivity index (χ0n) is 14.6. The van der Waals surface area contributed by atoms with Gasteiger partial charge >= 0.3 is 12.1 Å². The van der Waals surface area contributed by atoms with Gasteiger partial charge in [0.05, 0.1) is 13.7 Å². The van der Waals surface area contributed by atoms with Crippen LogP contribution in [0.4, 0.5) is 13.2 Å². The minimum absolute atomic E-state index is 0.213. The van der Waals surface area contributed by atoms with Gasteiger partial charge in [0.2, 0.25) is 0 Å². The molecule has 0 bridgehead atoms. The standard InChI is InChI=1S/C17H19F3N2O4/c1-4-7-25-13-6-5-11(8-14(13)24-3)10-26-16(23)12-9-22(2)21-15(12)17(18,19)20/h5-6,8-9H,4,7,10H2,1-3H3. The Bertz CT molecular complexity index is 772. The Kier molecular flexibility index (Phi) is 6.12. The highest BCUT2D eigenvalue weighted by Crippen LogP contribution is 2.31. The van der Waals surface area contributed by atoms with Crippen LogP contribution in [-0.2, 0) is 24.6 Å². The molecule has 2 rings (SSSR count). The summed E-state index contributed by atoms with van der Waals surface area (Å²) in [5.74, 6) is -0.115. The third-order valence-corrected chi connectivity index (χ3v) is 3.38. The van der Waals surface area contributed by atoms with Gasteiger partial charge in [-0.05, 0) is 24.1 Å². The molecule has 1 heterocycles. The summed E-state index contributed by atoms with van der Waals surface area (Å²) in [5.41, 5.74) is -1.35. The number of esters is 1. The maximum atomic E-state index is 12.9. The van der Waals surface area contributed by atoms with Crippen molar-refractivity contribution in [2.45, 2.75) is 26.1 Å². The van der Waals surface area contributed by atoms with E-state index in [1.54, 1.807) is 18.2 Å². The molecule has 2 aromatic rings. The normalized spacial score (nSPS) is 11.3. The molecule has 142 valence electrons. The lowest BCUT2D eigenvalue weighted by atomic mass is 10.2. The van der Waals surface area contributed by atoms with Crippen LogP contribution in [-0.4, -0.2) is 29.5 Å². The summed E-state index contributed by atoms with van der Waals surface area (Å²) in [6.07, 6.45) is -2.93. The maximum Gasteiger partial charge on any atom is 0.436 e. The molecule has 1 aromatic carbocycles. The van der Waals surface area contributed by atoms with E-state index in [0.29, 0.717) is 23.7 Å². The van der Waals surface area contributed by atoms with Gasteiger partial charge in [0, 0.05) is 13.2 Å². The molecule has 0 fully saturated rings. The van der Waals surface area contributed by atoms with Gasteiger partial charge in [-0.15, -0.1) is 0 Å². The number of aryl methyl sites for hydroxylation is 1. The topological polar surface area (TPSA) is 62.6 Å². The van der Waals surface area contributed by atoms with Crippen molar-refractivity contribution >= 4 is 5.97 Å². The molecule has 26 heavy (non-hydrogen) atoms. The Balaban J connectivity index is 2.10. The van der Waals surface area contributed by atoms with Crippen molar-refractivity contribution in [1.29, 1.82) is 0 Å². The van der Waals surface area contributed by atoms with E-state index in [-0.39, 0.29) is 6.61 Å². The van der Waals surface area contributed by atoms with Crippen molar-refractivity contribution in [1.82, 2.24) is 9.78 Å². The first-order valence-electron chi connectivity index (χ1n) is 7.84. The molecule has 0 amide bonds. The monoisotopic (exact) mass is 372 g/mol. The van der Waals surface area contributed by atoms with Gasteiger partial charge in [-0.2, -0.15) is 18.3 Å². The highest BCUT2D eigenvalue weighted by molar-refractivity contribution is 5.90. The van der Waals surface area contributed by atoms with E-state index in [1.807, 2.05) is 6.92 Å². The van der Waals surface area contributed by atoms with Crippen LogP contribution in [0.5, 0.6) is 11.5 Å². The molecular formula is C17H19F3N2O4. The van der Waals surface area contributed by atoms with Gasteiger partial charge in [-0.1, -0.05) is 13.0 Å². The molecule has 0 radical (unpaired) electrons. The summed E-state index contributed by atoms with van der Waals surface area (Å²) in [6.45, 7) is 2.27. The van der Waals surface area contributed by atoms with Crippen molar-refractivity contribution in [2.24, 2.45) is 7.05 Å². The molecule has 0 unspecified atom stereocenters. The van der Waals surface area contributed by atoms with Gasteiger partial charge in [0.1, 0.15) is 12.2 Å². The quantitative estimate of drug-likeness (QED) is 0.695. The summed E-state index contributed by atoms with van der Waals surface area (Å²) in [7, 11) is 2.76. The minimum Gasteiger partial charge on any atom is -0.493 e. The van der Waals surface area contributed by atoms with Gasteiger partial charge < -0.3 is 14.2 Å². The molecule has 0 aliphatic carbocycles. The molecule has 0 aliphatic heterocycles. The molecule has 0 N–H and O–H groups in total. The number of carbonyl (C=O) groups is 1. The molecule has 1 aromatic heterocycles. The number of hydrogen-bond acceptors (Lipinski definition) is 5. The summed E-state index contributed by atoms with van der Waals surface area (Å²) < 4.78 is 55.4. The zero-order chi connectivity index (χ0) is 19.3. The lowest BCUT2D eigenvalue weighted by molar-refractivity contribution is -0.142. The van der Waals surface area contributed by atoms with Gasteiger partial charge in [0.25, 0.3) is 0 Å². The third kappa shape index (κ3) is 4.68. The molecular weight excluding hydrogens is 353 g/mol. The Morgan fingerprint density at radius 1 is 1.27 bits per heavy atom. The Hall–Kier alpha value is -2.71. The second-order valence-corrected chi connectivity index (χ2v) is 5.47. The largest absolute Gasteiger partial charge is 0.493 e. The van der Waals surface area contributed by atoms with E-state index >= 15 is 0 Å². The van der Waals surface area contributed by atoms with Crippen LogP contribution in [0.15, 0.2) is 24.4 Å². The van der Waals surface area contributed by atoms with Crippen LogP contribution in [0.1, 0.15) is 35.0 Å². The number of hydrogen-bond donors (Lipinski definition) is 0. The van der Waals surface area contributed by atoms with Crippen LogP contribution < -0.4 is 9.47 Å². The smallest absolute Gasteiger partial charge is 0.436 e. The van der Waals surface area contributed by atoms with E-state index in [4.69, 9.17) is 14.2 Å². The first-order valence-corrected chi connectivity index (χ1v) is 7.84. The SMILES string of the molecule is CCCOc1ccc(COC(=O)c2cn(C)nc2C(F)(F)F)cc1OC. The van der Waals surface area contributed by atoms with Crippen molar-refractivity contribution in [3.8, 4) is 11.5 Å². The summed E-state index contributed by atoms with van der Waals surface area (Å²) in [4.78, 5) is 12.0. The number of aromatic nitrogens is 2. The van der Waals surface area contributed by atoms with Gasteiger partial charge in [-0.3, -0.25) is 4.68 Å². The average molecular weight is 372 g/mol. The average Bonchev–Trinajstić information content (AvgIpc) is 3.00. The second kappa shape index (κ2) is 8.11. The Labute approximate surface area is 148 Å². The fraction of sp³-hybridized carbons (Fsp3) is 0.412. The van der Waals surface area contributed by atoms with Crippen LogP contribution in [0.25, 0.3) is 0 Å². The first-order chi connectivity index (χ1) is 12.3. The van der Waals surface area contributed by atoms with Crippen molar-refractivity contribution in [3.05, 3.63) is 41.2 Å². The van der Waals surface area contributed by atoms with E-state index in [9.17, 15) is 18.0 Å². The van der Waals surface area contributed by atoms with Crippen LogP contribution >= 0.6 is 0 Å². The highest BCUT2D eigenvalue weighted by atomic mass is 19.4. The molecule has 9 heteroatoms. The highest BCUT2D eigenvalue weighted by Gasteiger charge is 2.39. The van der Waals surface area contributed by atoms with Crippen molar-refractivity contribution in [2.75, 3.05) is 13.7 Å². The lowest BCUT2D eigenvalue weighted by Gasteiger charge is -2.12. The summed E-state index contributed by atoms with van der Waals surface area (Å²) >= 11 is 0. The fourth-order valence-electron chi connectivity index (χ4n) is 2.21.